The predicted octanol–water partition coefficient (Wildman–Crippen LogP) is 5.83. The van der Waals surface area contributed by atoms with Gasteiger partial charge in [0, 0.05) is 50.1 Å². The highest BCUT2D eigenvalue weighted by molar-refractivity contribution is 5.69. The minimum atomic E-state index is -0.113. The van der Waals surface area contributed by atoms with Crippen molar-refractivity contribution in [3.05, 3.63) is 30.1 Å². The van der Waals surface area contributed by atoms with E-state index in [0.717, 1.165) is 44.1 Å². The van der Waals surface area contributed by atoms with Gasteiger partial charge < -0.3 is 4.74 Å². The van der Waals surface area contributed by atoms with Gasteiger partial charge in [0.15, 0.2) is 0 Å². The average Bonchev–Trinajstić information content (AvgIpc) is 2.70. The molecule has 0 aromatic carbocycles. The van der Waals surface area contributed by atoms with Gasteiger partial charge in [-0.25, -0.2) is 0 Å². The molecular formula is C24H33NO2. The maximum atomic E-state index is 11.7. The van der Waals surface area contributed by atoms with Gasteiger partial charge in [0.05, 0.1) is 0 Å². The van der Waals surface area contributed by atoms with Crippen LogP contribution in [-0.4, -0.2) is 11.0 Å². The van der Waals surface area contributed by atoms with Crippen LogP contribution in [0.4, 0.5) is 0 Å². The van der Waals surface area contributed by atoms with E-state index >= 15 is 0 Å². The van der Waals surface area contributed by atoms with Crippen molar-refractivity contribution < 1.29 is 9.53 Å². The standard InChI is InChI=1S/C24H33NO2/c1-2-3-4-5-6-7-8-9-10-11-12-13-14-15-16-19-24(26)27-22-23-18-17-20-25-21-23/h17-18,20-21H,2,5-6,9-16,19,22H2,1H3. The van der Waals surface area contributed by atoms with E-state index in [9.17, 15) is 4.79 Å². The first-order valence-electron chi connectivity index (χ1n) is 10.3. The number of unbranched alkanes of at least 4 members (excludes halogenated alkanes) is 8. The quantitative estimate of drug-likeness (QED) is 0.265. The van der Waals surface area contributed by atoms with E-state index in [1.807, 2.05) is 12.1 Å². The summed E-state index contributed by atoms with van der Waals surface area (Å²) in [4.78, 5) is 15.7. The average molecular weight is 368 g/mol. The highest BCUT2D eigenvalue weighted by Crippen LogP contribution is 2.10. The first-order chi connectivity index (χ1) is 13.3. The molecule has 0 atom stereocenters. The van der Waals surface area contributed by atoms with Crippen LogP contribution in [0.2, 0.25) is 0 Å². The van der Waals surface area contributed by atoms with Crippen molar-refractivity contribution in [3.8, 4) is 23.7 Å². The first kappa shape index (κ1) is 22.8. The first-order valence-corrected chi connectivity index (χ1v) is 10.3. The van der Waals surface area contributed by atoms with E-state index in [-0.39, 0.29) is 5.97 Å². The Bertz CT molecular complexity index is 617. The zero-order valence-electron chi connectivity index (χ0n) is 16.8. The molecule has 0 bridgehead atoms. The molecule has 0 unspecified atom stereocenters. The van der Waals surface area contributed by atoms with E-state index in [2.05, 4.69) is 35.6 Å². The summed E-state index contributed by atoms with van der Waals surface area (Å²) in [6.07, 6.45) is 15.8. The van der Waals surface area contributed by atoms with Gasteiger partial charge in [-0.1, -0.05) is 45.1 Å². The molecular weight excluding hydrogens is 334 g/mol. The van der Waals surface area contributed by atoms with Crippen LogP contribution in [0.25, 0.3) is 0 Å². The summed E-state index contributed by atoms with van der Waals surface area (Å²) in [5.41, 5.74) is 0.931. The molecule has 1 aromatic rings. The smallest absolute Gasteiger partial charge is 0.306 e. The van der Waals surface area contributed by atoms with Gasteiger partial charge in [0.25, 0.3) is 0 Å². The van der Waals surface area contributed by atoms with Crippen LogP contribution >= 0.6 is 0 Å². The van der Waals surface area contributed by atoms with Crippen molar-refractivity contribution in [2.75, 3.05) is 0 Å². The molecule has 146 valence electrons. The Labute approximate surface area is 165 Å². The molecule has 3 nitrogen and oxygen atoms in total. The summed E-state index contributed by atoms with van der Waals surface area (Å²) in [6, 6.07) is 3.76. The van der Waals surface area contributed by atoms with Crippen LogP contribution in [-0.2, 0) is 16.1 Å². The number of aromatic nitrogens is 1. The van der Waals surface area contributed by atoms with E-state index in [0.29, 0.717) is 13.0 Å². The summed E-state index contributed by atoms with van der Waals surface area (Å²) >= 11 is 0. The van der Waals surface area contributed by atoms with E-state index < -0.39 is 0 Å². The third-order valence-electron chi connectivity index (χ3n) is 4.11. The van der Waals surface area contributed by atoms with Crippen LogP contribution in [0.15, 0.2) is 24.5 Å². The maximum Gasteiger partial charge on any atom is 0.306 e. The third kappa shape index (κ3) is 14.6. The van der Waals surface area contributed by atoms with E-state index in [1.165, 1.54) is 32.1 Å². The second-order valence-electron chi connectivity index (χ2n) is 6.56. The molecule has 0 N–H and O–H groups in total. The summed E-state index contributed by atoms with van der Waals surface area (Å²) < 4.78 is 5.25. The van der Waals surface area contributed by atoms with Crippen LogP contribution in [0.1, 0.15) is 89.5 Å². The van der Waals surface area contributed by atoms with Crippen molar-refractivity contribution in [1.29, 1.82) is 0 Å². The SMILES string of the molecule is CCC#CCCC#CCCCCCCCCCC(=O)OCc1cccnc1. The van der Waals surface area contributed by atoms with Crippen LogP contribution in [0.5, 0.6) is 0 Å². The highest BCUT2D eigenvalue weighted by Gasteiger charge is 2.03. The summed E-state index contributed by atoms with van der Waals surface area (Å²) in [5.74, 6) is 12.5. The van der Waals surface area contributed by atoms with E-state index in [1.54, 1.807) is 12.4 Å². The monoisotopic (exact) mass is 367 g/mol. The Balaban J connectivity index is 1.85. The Morgan fingerprint density at radius 1 is 0.926 bits per heavy atom. The topological polar surface area (TPSA) is 39.2 Å². The second-order valence-corrected chi connectivity index (χ2v) is 6.56. The Hall–Kier alpha value is -2.26. The fourth-order valence-corrected chi connectivity index (χ4v) is 2.60. The number of hydrogen-bond donors (Lipinski definition) is 0. The molecule has 0 saturated heterocycles. The Morgan fingerprint density at radius 2 is 1.59 bits per heavy atom. The van der Waals surface area contributed by atoms with Gasteiger partial charge >= 0.3 is 5.97 Å². The molecule has 27 heavy (non-hydrogen) atoms. The molecule has 1 heterocycles. The second kappa shape index (κ2) is 17.2. The number of nitrogens with zero attached hydrogens (tertiary/aromatic N) is 1. The molecule has 0 saturated carbocycles. The van der Waals surface area contributed by atoms with Crippen LogP contribution in [0.3, 0.4) is 0 Å². The maximum absolute atomic E-state index is 11.7. The summed E-state index contributed by atoms with van der Waals surface area (Å²) in [6.45, 7) is 2.39. The van der Waals surface area contributed by atoms with Crippen molar-refractivity contribution in [2.24, 2.45) is 0 Å². The van der Waals surface area contributed by atoms with E-state index in [4.69, 9.17) is 4.74 Å². The van der Waals surface area contributed by atoms with Crippen molar-refractivity contribution in [1.82, 2.24) is 4.98 Å². The highest BCUT2D eigenvalue weighted by atomic mass is 16.5. The Kier molecular flexibility index (Phi) is 14.5. The molecule has 1 rings (SSSR count). The van der Waals surface area contributed by atoms with Crippen molar-refractivity contribution in [2.45, 2.75) is 90.6 Å². The zero-order chi connectivity index (χ0) is 19.4. The van der Waals surface area contributed by atoms with Gasteiger partial charge in [0.2, 0.25) is 0 Å². The third-order valence-corrected chi connectivity index (χ3v) is 4.11. The molecule has 0 spiro atoms. The lowest BCUT2D eigenvalue weighted by Gasteiger charge is -2.04. The largest absolute Gasteiger partial charge is 0.461 e. The normalized spacial score (nSPS) is 9.67. The molecule has 0 amide bonds. The lowest BCUT2D eigenvalue weighted by atomic mass is 10.1. The van der Waals surface area contributed by atoms with Gasteiger partial charge in [-0.2, -0.15) is 0 Å². The number of carbonyl (C=O) groups excluding carboxylic acids is 1. The number of pyridine rings is 1. The fourth-order valence-electron chi connectivity index (χ4n) is 2.60. The van der Waals surface area contributed by atoms with Crippen molar-refractivity contribution in [3.63, 3.8) is 0 Å². The predicted molar refractivity (Wildman–Crippen MR) is 111 cm³/mol. The van der Waals surface area contributed by atoms with Crippen LogP contribution in [0, 0.1) is 23.7 Å². The van der Waals surface area contributed by atoms with Gasteiger partial charge in [-0.05, 0) is 18.9 Å². The molecule has 0 fully saturated rings. The lowest BCUT2D eigenvalue weighted by Crippen LogP contribution is -2.04. The minimum absolute atomic E-state index is 0.113. The van der Waals surface area contributed by atoms with Gasteiger partial charge in [-0.3, -0.25) is 9.78 Å². The molecule has 0 aliphatic rings. The fraction of sp³-hybridized carbons (Fsp3) is 0.583. The van der Waals surface area contributed by atoms with Gasteiger partial charge in [0.1, 0.15) is 6.61 Å². The zero-order valence-corrected chi connectivity index (χ0v) is 16.8. The molecule has 0 aliphatic carbocycles. The minimum Gasteiger partial charge on any atom is -0.461 e. The molecule has 0 radical (unpaired) electrons. The number of carbonyl (C=O) groups is 1. The number of ether oxygens (including phenoxy) is 1. The molecule has 0 aliphatic heterocycles. The van der Waals surface area contributed by atoms with Crippen LogP contribution < -0.4 is 0 Å². The number of rotatable bonds is 12. The number of hydrogen-bond acceptors (Lipinski definition) is 3. The van der Waals surface area contributed by atoms with Gasteiger partial charge in [-0.15, -0.1) is 23.7 Å². The Morgan fingerprint density at radius 3 is 2.30 bits per heavy atom. The number of esters is 1. The lowest BCUT2D eigenvalue weighted by molar-refractivity contribution is -0.145. The molecule has 3 heteroatoms. The van der Waals surface area contributed by atoms with Crippen molar-refractivity contribution >= 4 is 5.97 Å². The molecule has 1 aromatic heterocycles. The summed E-state index contributed by atoms with van der Waals surface area (Å²) in [5, 5.41) is 0. The summed E-state index contributed by atoms with van der Waals surface area (Å²) in [7, 11) is 0.